The van der Waals surface area contributed by atoms with E-state index >= 15 is 0 Å². The SMILES string of the molecule is COC(=O)c1ccc(NC(=O)CNc2ccc(C(=O)N(C)c3ccccc3)cc2)cc1. The summed E-state index contributed by atoms with van der Waals surface area (Å²) in [6.07, 6.45) is 0. The van der Waals surface area contributed by atoms with E-state index in [9.17, 15) is 14.4 Å². The van der Waals surface area contributed by atoms with Gasteiger partial charge in [0.1, 0.15) is 0 Å². The first-order chi connectivity index (χ1) is 15.0. The Labute approximate surface area is 180 Å². The normalized spacial score (nSPS) is 10.1. The van der Waals surface area contributed by atoms with Gasteiger partial charge in [-0.05, 0) is 60.7 Å². The van der Waals surface area contributed by atoms with E-state index in [0.29, 0.717) is 16.8 Å². The first-order valence-electron chi connectivity index (χ1n) is 9.63. The van der Waals surface area contributed by atoms with Gasteiger partial charge in [0.25, 0.3) is 5.91 Å². The van der Waals surface area contributed by atoms with Crippen LogP contribution in [-0.2, 0) is 9.53 Å². The molecule has 3 aromatic rings. The number of nitrogens with zero attached hydrogens (tertiary/aromatic N) is 1. The van der Waals surface area contributed by atoms with Crippen LogP contribution in [0.3, 0.4) is 0 Å². The maximum Gasteiger partial charge on any atom is 0.337 e. The summed E-state index contributed by atoms with van der Waals surface area (Å²) in [5, 5.41) is 5.76. The molecule has 0 radical (unpaired) electrons. The minimum absolute atomic E-state index is 0.0516. The van der Waals surface area contributed by atoms with Gasteiger partial charge in [-0.2, -0.15) is 0 Å². The van der Waals surface area contributed by atoms with E-state index in [1.165, 1.54) is 7.11 Å². The first-order valence-corrected chi connectivity index (χ1v) is 9.63. The van der Waals surface area contributed by atoms with Crippen molar-refractivity contribution in [3.05, 3.63) is 90.0 Å². The summed E-state index contributed by atoms with van der Waals surface area (Å²) in [5.74, 6) is -0.794. The van der Waals surface area contributed by atoms with Gasteiger partial charge in [-0.25, -0.2) is 4.79 Å². The van der Waals surface area contributed by atoms with Crippen LogP contribution in [0.1, 0.15) is 20.7 Å². The molecule has 31 heavy (non-hydrogen) atoms. The maximum atomic E-state index is 12.6. The summed E-state index contributed by atoms with van der Waals surface area (Å²) >= 11 is 0. The predicted octanol–water partition coefficient (Wildman–Crippen LogP) is 3.80. The molecule has 2 N–H and O–H groups in total. The molecule has 0 aromatic heterocycles. The van der Waals surface area contributed by atoms with Crippen molar-refractivity contribution in [2.24, 2.45) is 0 Å². The number of nitrogens with one attached hydrogen (secondary N) is 2. The Morgan fingerprint density at radius 3 is 2.00 bits per heavy atom. The summed E-state index contributed by atoms with van der Waals surface area (Å²) in [4.78, 5) is 37.8. The van der Waals surface area contributed by atoms with Crippen molar-refractivity contribution in [1.82, 2.24) is 0 Å². The molecule has 0 saturated heterocycles. The number of amides is 2. The van der Waals surface area contributed by atoms with Crippen LogP contribution in [0.4, 0.5) is 17.1 Å². The Morgan fingerprint density at radius 1 is 0.806 bits per heavy atom. The van der Waals surface area contributed by atoms with Crippen molar-refractivity contribution in [1.29, 1.82) is 0 Å². The lowest BCUT2D eigenvalue weighted by atomic mass is 10.1. The number of carbonyl (C=O) groups excluding carboxylic acids is 3. The van der Waals surface area contributed by atoms with Crippen molar-refractivity contribution < 1.29 is 19.1 Å². The lowest BCUT2D eigenvalue weighted by Gasteiger charge is -2.17. The summed E-state index contributed by atoms with van der Waals surface area (Å²) < 4.78 is 4.64. The van der Waals surface area contributed by atoms with E-state index in [0.717, 1.165) is 11.4 Å². The fourth-order valence-electron chi connectivity index (χ4n) is 2.89. The van der Waals surface area contributed by atoms with Gasteiger partial charge in [-0.3, -0.25) is 9.59 Å². The highest BCUT2D eigenvalue weighted by Crippen LogP contribution is 2.17. The van der Waals surface area contributed by atoms with Gasteiger partial charge < -0.3 is 20.3 Å². The Balaban J connectivity index is 1.52. The van der Waals surface area contributed by atoms with Gasteiger partial charge in [0.05, 0.1) is 19.2 Å². The van der Waals surface area contributed by atoms with Crippen molar-refractivity contribution in [3.8, 4) is 0 Å². The van der Waals surface area contributed by atoms with E-state index in [-0.39, 0.29) is 18.4 Å². The molecule has 0 saturated carbocycles. The molecule has 0 aliphatic rings. The average Bonchev–Trinajstić information content (AvgIpc) is 2.82. The number of benzene rings is 3. The topological polar surface area (TPSA) is 87.7 Å². The highest BCUT2D eigenvalue weighted by atomic mass is 16.5. The molecular formula is C24H23N3O4. The molecule has 0 fully saturated rings. The Bertz CT molecular complexity index is 1050. The standard InChI is InChI=1S/C24H23N3O4/c1-27(21-6-4-3-5-7-21)23(29)17-8-12-19(13-9-17)25-16-22(28)26-20-14-10-18(11-15-20)24(30)31-2/h3-15,25H,16H2,1-2H3,(H,26,28). The van der Waals surface area contributed by atoms with E-state index < -0.39 is 5.97 Å². The van der Waals surface area contributed by atoms with Crippen LogP contribution < -0.4 is 15.5 Å². The molecule has 0 atom stereocenters. The van der Waals surface area contributed by atoms with Crippen LogP contribution in [-0.4, -0.2) is 38.5 Å². The second kappa shape index (κ2) is 10.1. The predicted molar refractivity (Wildman–Crippen MR) is 121 cm³/mol. The van der Waals surface area contributed by atoms with Gasteiger partial charge in [-0.1, -0.05) is 18.2 Å². The van der Waals surface area contributed by atoms with Gasteiger partial charge in [0, 0.05) is 29.7 Å². The average molecular weight is 417 g/mol. The third-order valence-corrected chi connectivity index (χ3v) is 4.62. The minimum Gasteiger partial charge on any atom is -0.465 e. The van der Waals surface area contributed by atoms with Crippen LogP contribution >= 0.6 is 0 Å². The van der Waals surface area contributed by atoms with Crippen molar-refractivity contribution in [3.63, 3.8) is 0 Å². The van der Waals surface area contributed by atoms with Crippen LogP contribution in [0.25, 0.3) is 0 Å². The van der Waals surface area contributed by atoms with Gasteiger partial charge in [0.15, 0.2) is 0 Å². The molecule has 7 nitrogen and oxygen atoms in total. The highest BCUT2D eigenvalue weighted by Gasteiger charge is 2.13. The van der Waals surface area contributed by atoms with Gasteiger partial charge in [-0.15, -0.1) is 0 Å². The summed E-state index contributed by atoms with van der Waals surface area (Å²) in [5.41, 5.74) is 3.06. The quantitative estimate of drug-likeness (QED) is 0.571. The molecule has 2 amide bonds. The van der Waals surface area contributed by atoms with Crippen molar-refractivity contribution in [2.45, 2.75) is 0 Å². The zero-order chi connectivity index (χ0) is 22.2. The van der Waals surface area contributed by atoms with Gasteiger partial charge in [0.2, 0.25) is 5.91 Å². The molecule has 3 aromatic carbocycles. The third-order valence-electron chi connectivity index (χ3n) is 4.62. The number of methoxy groups -OCH3 is 1. The monoisotopic (exact) mass is 417 g/mol. The number of esters is 1. The zero-order valence-corrected chi connectivity index (χ0v) is 17.3. The molecule has 0 heterocycles. The van der Waals surface area contributed by atoms with Crippen LogP contribution in [0.2, 0.25) is 0 Å². The Hall–Kier alpha value is -4.13. The van der Waals surface area contributed by atoms with Gasteiger partial charge >= 0.3 is 5.97 Å². The van der Waals surface area contributed by atoms with Crippen LogP contribution in [0.5, 0.6) is 0 Å². The lowest BCUT2D eigenvalue weighted by Crippen LogP contribution is -2.26. The molecule has 158 valence electrons. The largest absolute Gasteiger partial charge is 0.465 e. The van der Waals surface area contributed by atoms with Crippen LogP contribution in [0, 0.1) is 0 Å². The summed E-state index contributed by atoms with van der Waals surface area (Å²) in [6, 6.07) is 22.8. The molecule has 0 aliphatic heterocycles. The van der Waals surface area contributed by atoms with Crippen LogP contribution in [0.15, 0.2) is 78.9 Å². The number of carbonyl (C=O) groups is 3. The second-order valence-electron chi connectivity index (χ2n) is 6.75. The number of hydrogen-bond acceptors (Lipinski definition) is 5. The number of hydrogen-bond donors (Lipinski definition) is 2. The number of para-hydroxylation sites is 1. The Morgan fingerprint density at radius 2 is 1.39 bits per heavy atom. The van der Waals surface area contributed by atoms with E-state index in [1.807, 2.05) is 30.3 Å². The number of ether oxygens (including phenoxy) is 1. The fourth-order valence-corrected chi connectivity index (χ4v) is 2.89. The number of anilines is 3. The fraction of sp³-hybridized carbons (Fsp3) is 0.125. The molecular weight excluding hydrogens is 394 g/mol. The molecule has 0 bridgehead atoms. The zero-order valence-electron chi connectivity index (χ0n) is 17.3. The molecule has 3 rings (SSSR count). The number of rotatable bonds is 7. The van der Waals surface area contributed by atoms with Crippen molar-refractivity contribution in [2.75, 3.05) is 36.2 Å². The van der Waals surface area contributed by atoms with E-state index in [2.05, 4.69) is 15.4 Å². The van der Waals surface area contributed by atoms with E-state index in [1.54, 1.807) is 60.5 Å². The molecule has 0 unspecified atom stereocenters. The molecule has 0 spiro atoms. The first kappa shape index (κ1) is 21.6. The lowest BCUT2D eigenvalue weighted by molar-refractivity contribution is -0.114. The summed E-state index contributed by atoms with van der Waals surface area (Å²) in [6.45, 7) is 0.0516. The van der Waals surface area contributed by atoms with Crippen molar-refractivity contribution >= 4 is 34.8 Å². The smallest absolute Gasteiger partial charge is 0.337 e. The van der Waals surface area contributed by atoms with E-state index in [4.69, 9.17) is 0 Å². The molecule has 7 heteroatoms. The molecule has 0 aliphatic carbocycles. The Kier molecular flexibility index (Phi) is 7.01. The highest BCUT2D eigenvalue weighted by molar-refractivity contribution is 6.06. The maximum absolute atomic E-state index is 12.6. The second-order valence-corrected chi connectivity index (χ2v) is 6.75. The third kappa shape index (κ3) is 5.70. The summed E-state index contributed by atoms with van der Waals surface area (Å²) in [7, 11) is 3.04. The minimum atomic E-state index is -0.434.